The smallest absolute Gasteiger partial charge is 0.261 e. The van der Waals surface area contributed by atoms with E-state index < -0.39 is 0 Å². The summed E-state index contributed by atoms with van der Waals surface area (Å²) < 4.78 is 0. The number of carbonyl (C=O) groups is 3. The molecule has 2 aliphatic rings. The molecule has 0 atom stereocenters. The zero-order chi connectivity index (χ0) is 18.8. The molecule has 7 heteroatoms. The van der Waals surface area contributed by atoms with Gasteiger partial charge in [-0.05, 0) is 55.5 Å². The molecule has 3 amide bonds. The van der Waals surface area contributed by atoms with Crippen LogP contribution in [0.2, 0.25) is 0 Å². The first kappa shape index (κ1) is 17.7. The van der Waals surface area contributed by atoms with Crippen molar-refractivity contribution in [2.45, 2.75) is 32.2 Å². The van der Waals surface area contributed by atoms with Crippen molar-refractivity contribution in [1.82, 2.24) is 5.32 Å². The van der Waals surface area contributed by atoms with Gasteiger partial charge < -0.3 is 16.0 Å². The fourth-order valence-electron chi connectivity index (χ4n) is 2.71. The van der Waals surface area contributed by atoms with Gasteiger partial charge in [0.1, 0.15) is 0 Å². The first-order valence-electron chi connectivity index (χ1n) is 9.17. The molecule has 0 spiro atoms. The summed E-state index contributed by atoms with van der Waals surface area (Å²) in [7, 11) is 0. The van der Waals surface area contributed by atoms with Crippen molar-refractivity contribution < 1.29 is 14.4 Å². The largest absolute Gasteiger partial charge is 0.347 e. The van der Waals surface area contributed by atoms with Gasteiger partial charge in [0.2, 0.25) is 11.8 Å². The molecule has 0 aliphatic heterocycles. The fourth-order valence-corrected chi connectivity index (χ4v) is 3.54. The Balaban J connectivity index is 1.30. The lowest BCUT2D eigenvalue weighted by Crippen LogP contribution is -2.22. The van der Waals surface area contributed by atoms with Gasteiger partial charge in [-0.25, -0.2) is 0 Å². The second-order valence-electron chi connectivity index (χ2n) is 7.07. The Hall–Kier alpha value is -2.67. The molecule has 2 aromatic rings. The summed E-state index contributed by atoms with van der Waals surface area (Å²) >= 11 is 1.27. The lowest BCUT2D eigenvalue weighted by Gasteiger charge is -2.08. The van der Waals surface area contributed by atoms with Crippen molar-refractivity contribution in [3.05, 3.63) is 46.8 Å². The summed E-state index contributed by atoms with van der Waals surface area (Å²) in [6, 6.07) is 11.0. The van der Waals surface area contributed by atoms with E-state index in [1.807, 2.05) is 24.3 Å². The number of carbonyl (C=O) groups excluding carboxylic acids is 3. The van der Waals surface area contributed by atoms with Gasteiger partial charge in [-0.2, -0.15) is 0 Å². The van der Waals surface area contributed by atoms with Crippen molar-refractivity contribution in [1.29, 1.82) is 0 Å². The predicted molar refractivity (Wildman–Crippen MR) is 105 cm³/mol. The predicted octanol–water partition coefficient (Wildman–Crippen LogP) is 3.38. The van der Waals surface area contributed by atoms with Crippen molar-refractivity contribution >= 4 is 39.7 Å². The summed E-state index contributed by atoms with van der Waals surface area (Å²) in [5.41, 5.74) is 1.66. The van der Waals surface area contributed by atoms with E-state index in [1.54, 1.807) is 12.1 Å². The van der Waals surface area contributed by atoms with Gasteiger partial charge in [0.15, 0.2) is 0 Å². The highest BCUT2D eigenvalue weighted by atomic mass is 32.1. The molecule has 27 heavy (non-hydrogen) atoms. The topological polar surface area (TPSA) is 87.3 Å². The Morgan fingerprint density at radius 3 is 2.33 bits per heavy atom. The molecule has 4 rings (SSSR count). The van der Waals surface area contributed by atoms with Gasteiger partial charge in [-0.3, -0.25) is 14.4 Å². The van der Waals surface area contributed by atoms with Crippen LogP contribution in [0.15, 0.2) is 36.4 Å². The lowest BCUT2D eigenvalue weighted by molar-refractivity contribution is -0.118. The van der Waals surface area contributed by atoms with E-state index in [-0.39, 0.29) is 29.6 Å². The van der Waals surface area contributed by atoms with Crippen LogP contribution in [0.25, 0.3) is 0 Å². The number of hydrogen-bond donors (Lipinski definition) is 3. The average molecular weight is 383 g/mol. The standard InChI is InChI=1S/C20H21N3O3S/c24-18(13-4-5-13)22-15-3-1-2-12(10-15)11-21-20(26)16-8-9-17(27-16)23-19(25)14-6-7-14/h1-3,8-10,13-14H,4-7,11H2,(H,21,26)(H,22,24)(H,23,25). The fraction of sp³-hybridized carbons (Fsp3) is 0.350. The van der Waals surface area contributed by atoms with Crippen LogP contribution in [0.1, 0.15) is 40.9 Å². The lowest BCUT2D eigenvalue weighted by atomic mass is 10.2. The van der Waals surface area contributed by atoms with Gasteiger partial charge >= 0.3 is 0 Å². The molecule has 0 saturated heterocycles. The summed E-state index contributed by atoms with van der Waals surface area (Å²) in [5, 5.41) is 9.34. The van der Waals surface area contributed by atoms with E-state index in [1.165, 1.54) is 11.3 Å². The minimum Gasteiger partial charge on any atom is -0.347 e. The second-order valence-corrected chi connectivity index (χ2v) is 8.16. The van der Waals surface area contributed by atoms with Crippen LogP contribution < -0.4 is 16.0 Å². The van der Waals surface area contributed by atoms with E-state index in [4.69, 9.17) is 0 Å². The first-order valence-corrected chi connectivity index (χ1v) is 9.99. The third-order valence-corrected chi connectivity index (χ3v) is 5.62. The Bertz CT molecular complexity index is 884. The van der Waals surface area contributed by atoms with Crippen LogP contribution in [0.3, 0.4) is 0 Å². The summed E-state index contributed by atoms with van der Waals surface area (Å²) in [6.45, 7) is 0.369. The van der Waals surface area contributed by atoms with Crippen LogP contribution in [0.4, 0.5) is 10.7 Å². The van der Waals surface area contributed by atoms with E-state index in [0.717, 1.165) is 36.9 Å². The molecule has 2 saturated carbocycles. The molecule has 0 radical (unpaired) electrons. The van der Waals surface area contributed by atoms with Crippen LogP contribution in [-0.4, -0.2) is 17.7 Å². The molecule has 3 N–H and O–H groups in total. The SMILES string of the molecule is O=C(NCc1cccc(NC(=O)C2CC2)c1)c1ccc(NC(=O)C2CC2)s1. The Morgan fingerprint density at radius 2 is 1.63 bits per heavy atom. The maximum Gasteiger partial charge on any atom is 0.261 e. The number of rotatable bonds is 7. The minimum atomic E-state index is -0.181. The zero-order valence-electron chi connectivity index (χ0n) is 14.8. The van der Waals surface area contributed by atoms with Gasteiger partial charge in [0.25, 0.3) is 5.91 Å². The molecule has 1 heterocycles. The highest BCUT2D eigenvalue weighted by molar-refractivity contribution is 7.18. The van der Waals surface area contributed by atoms with Crippen molar-refractivity contribution in [2.24, 2.45) is 11.8 Å². The minimum absolute atomic E-state index is 0.0360. The average Bonchev–Trinajstić information content (AvgIpc) is 3.57. The number of nitrogens with one attached hydrogen (secondary N) is 3. The summed E-state index contributed by atoms with van der Waals surface area (Å²) in [6.07, 6.45) is 3.83. The third-order valence-electron chi connectivity index (χ3n) is 4.62. The highest BCUT2D eigenvalue weighted by Gasteiger charge is 2.30. The Morgan fingerprint density at radius 1 is 0.926 bits per heavy atom. The number of hydrogen-bond acceptors (Lipinski definition) is 4. The maximum absolute atomic E-state index is 12.3. The molecule has 1 aromatic heterocycles. The highest BCUT2D eigenvalue weighted by Crippen LogP contribution is 2.32. The molecular formula is C20H21N3O3S. The molecule has 1 aromatic carbocycles. The van der Waals surface area contributed by atoms with Crippen molar-refractivity contribution in [3.8, 4) is 0 Å². The number of benzene rings is 1. The zero-order valence-corrected chi connectivity index (χ0v) is 15.6. The molecule has 2 aliphatic carbocycles. The van der Waals surface area contributed by atoms with Gasteiger partial charge in [0.05, 0.1) is 9.88 Å². The Kier molecular flexibility index (Phi) is 4.94. The number of anilines is 2. The van der Waals surface area contributed by atoms with Crippen LogP contribution in [0.5, 0.6) is 0 Å². The van der Waals surface area contributed by atoms with Crippen LogP contribution >= 0.6 is 11.3 Å². The van der Waals surface area contributed by atoms with Crippen molar-refractivity contribution in [2.75, 3.05) is 10.6 Å². The van der Waals surface area contributed by atoms with E-state index >= 15 is 0 Å². The normalized spacial score (nSPS) is 15.9. The molecule has 2 fully saturated rings. The molecular weight excluding hydrogens is 362 g/mol. The van der Waals surface area contributed by atoms with Crippen LogP contribution in [-0.2, 0) is 16.1 Å². The molecule has 6 nitrogen and oxygen atoms in total. The third kappa shape index (κ3) is 4.74. The molecule has 140 valence electrons. The van der Waals surface area contributed by atoms with E-state index in [9.17, 15) is 14.4 Å². The quantitative estimate of drug-likeness (QED) is 0.685. The molecule has 0 unspecified atom stereocenters. The second kappa shape index (κ2) is 7.52. The van der Waals surface area contributed by atoms with E-state index in [0.29, 0.717) is 16.4 Å². The number of thiophene rings is 1. The number of amides is 3. The molecule has 0 bridgehead atoms. The first-order chi connectivity index (χ1) is 13.1. The van der Waals surface area contributed by atoms with Gasteiger partial charge in [-0.15, -0.1) is 11.3 Å². The monoisotopic (exact) mass is 383 g/mol. The van der Waals surface area contributed by atoms with E-state index in [2.05, 4.69) is 16.0 Å². The van der Waals surface area contributed by atoms with Gasteiger partial charge in [0, 0.05) is 24.1 Å². The Labute approximate surface area is 161 Å². The van der Waals surface area contributed by atoms with Crippen LogP contribution in [0, 0.1) is 11.8 Å². The summed E-state index contributed by atoms with van der Waals surface area (Å²) in [5.74, 6) is 0.211. The van der Waals surface area contributed by atoms with Gasteiger partial charge in [-0.1, -0.05) is 12.1 Å². The van der Waals surface area contributed by atoms with Crippen molar-refractivity contribution in [3.63, 3.8) is 0 Å². The maximum atomic E-state index is 12.3. The summed E-state index contributed by atoms with van der Waals surface area (Å²) in [4.78, 5) is 36.5.